The van der Waals surface area contributed by atoms with Crippen LogP contribution in [0.1, 0.15) is 10.4 Å². The molecule has 0 spiro atoms. The van der Waals surface area contributed by atoms with Crippen LogP contribution in [-0.2, 0) is 13.2 Å². The number of carbonyl (C=O) groups excluding carboxylic acids is 1. The van der Waals surface area contributed by atoms with Crippen molar-refractivity contribution in [3.63, 3.8) is 0 Å². The molecular formula is C18H18F3N3OS. The Balaban J connectivity index is 2.50. The van der Waals surface area contributed by atoms with E-state index < -0.39 is 11.7 Å². The molecule has 1 heterocycles. The Morgan fingerprint density at radius 1 is 1.08 bits per heavy atom. The number of alkyl halides is 3. The molecular weight excluding hydrogens is 363 g/mol. The van der Waals surface area contributed by atoms with Crippen LogP contribution in [-0.4, -0.2) is 40.0 Å². The Bertz CT molecular complexity index is 1030. The van der Waals surface area contributed by atoms with Crippen molar-refractivity contribution in [1.82, 2.24) is 13.4 Å². The molecule has 1 aromatic heterocycles. The molecule has 0 saturated carbocycles. The molecule has 3 rings (SSSR count). The molecule has 0 fully saturated rings. The van der Waals surface area contributed by atoms with E-state index in [4.69, 9.17) is 0 Å². The summed E-state index contributed by atoms with van der Waals surface area (Å²) in [7, 11) is 5.32. The van der Waals surface area contributed by atoms with Gasteiger partial charge in [0.25, 0.3) is 0 Å². The number of carbonyl (C=O) groups is 1. The zero-order valence-corrected chi connectivity index (χ0v) is 15.4. The van der Waals surface area contributed by atoms with E-state index in [1.54, 1.807) is 31.1 Å². The van der Waals surface area contributed by atoms with E-state index in [9.17, 15) is 18.0 Å². The van der Waals surface area contributed by atoms with Crippen LogP contribution in [0.15, 0.2) is 42.5 Å². The van der Waals surface area contributed by atoms with Gasteiger partial charge in [0.15, 0.2) is 0 Å². The molecule has 0 aliphatic carbocycles. The molecule has 0 bridgehead atoms. The fraction of sp³-hybridized carbons (Fsp3) is 0.278. The zero-order chi connectivity index (χ0) is 19.1. The summed E-state index contributed by atoms with van der Waals surface area (Å²) in [5, 5.41) is 0. The van der Waals surface area contributed by atoms with E-state index in [0.717, 1.165) is 17.6 Å². The first kappa shape index (κ1) is 18.5. The van der Waals surface area contributed by atoms with E-state index in [2.05, 4.69) is 0 Å². The van der Waals surface area contributed by atoms with Gasteiger partial charge in [-0.15, -0.1) is 0 Å². The van der Waals surface area contributed by atoms with Crippen LogP contribution in [0.2, 0.25) is 0 Å². The Kier molecular flexibility index (Phi) is 4.81. The molecule has 0 atom stereocenters. The van der Waals surface area contributed by atoms with E-state index in [1.807, 2.05) is 23.1 Å². The third kappa shape index (κ3) is 3.47. The lowest BCUT2D eigenvalue weighted by molar-refractivity contribution is -0.137. The zero-order valence-electron chi connectivity index (χ0n) is 14.5. The standard InChI is InChI=1S/C18H18F3N3OS/c1-22(2)11-17(25)24-14-7-5-4-6-13(14)23(3)26-16-9-8-12(10-15(16)24)18(19,20)21/h4-10H,11H2,1-3H3. The summed E-state index contributed by atoms with van der Waals surface area (Å²) in [6.07, 6.45) is -4.48. The Morgan fingerprint density at radius 3 is 2.35 bits per heavy atom. The molecule has 26 heavy (non-hydrogen) atoms. The number of hydrogen-bond donors (Lipinski definition) is 0. The fourth-order valence-corrected chi connectivity index (χ4v) is 3.72. The highest BCUT2D eigenvalue weighted by molar-refractivity contribution is 7.13. The molecule has 3 aromatic rings. The molecule has 4 nitrogen and oxygen atoms in total. The highest BCUT2D eigenvalue weighted by Gasteiger charge is 2.31. The third-order valence-electron chi connectivity index (χ3n) is 3.93. The number of fused-ring (bicyclic) bond motifs is 2. The maximum atomic E-state index is 13.2. The minimum atomic E-state index is -4.48. The second-order valence-electron chi connectivity index (χ2n) is 6.22. The van der Waals surface area contributed by atoms with Crippen molar-refractivity contribution in [2.24, 2.45) is 7.05 Å². The van der Waals surface area contributed by atoms with Gasteiger partial charge in [0.05, 0.1) is 33.4 Å². The largest absolute Gasteiger partial charge is 0.416 e. The van der Waals surface area contributed by atoms with Gasteiger partial charge in [0.2, 0.25) is 5.91 Å². The number of nitrogens with zero attached hydrogens (tertiary/aromatic N) is 3. The fourth-order valence-electron chi connectivity index (χ4n) is 2.80. The van der Waals surface area contributed by atoms with E-state index in [-0.39, 0.29) is 18.0 Å². The van der Waals surface area contributed by atoms with E-state index in [0.29, 0.717) is 10.2 Å². The molecule has 8 heteroatoms. The van der Waals surface area contributed by atoms with Crippen LogP contribution in [0, 0.1) is 0 Å². The SMILES string of the molecule is CN(C)CC(=O)n1c2cc(C(F)(F)F)ccc2sn(C)c2ccccc21. The van der Waals surface area contributed by atoms with Crippen molar-refractivity contribution in [3.8, 4) is 0 Å². The van der Waals surface area contributed by atoms with Crippen LogP contribution in [0.4, 0.5) is 13.2 Å². The van der Waals surface area contributed by atoms with E-state index in [1.165, 1.54) is 22.2 Å². The Labute approximate surface area is 152 Å². The van der Waals surface area contributed by atoms with Crippen LogP contribution in [0.5, 0.6) is 0 Å². The Morgan fingerprint density at radius 2 is 1.73 bits per heavy atom. The molecule has 0 unspecified atom stereocenters. The summed E-state index contributed by atoms with van der Waals surface area (Å²) < 4.78 is 43.5. The first-order chi connectivity index (χ1) is 12.2. The number of halogens is 3. The second kappa shape index (κ2) is 6.77. The van der Waals surface area contributed by atoms with Crippen LogP contribution >= 0.6 is 11.5 Å². The highest BCUT2D eigenvalue weighted by Crippen LogP contribution is 2.33. The van der Waals surface area contributed by atoms with Crippen LogP contribution in [0.25, 0.3) is 21.3 Å². The van der Waals surface area contributed by atoms with Crippen molar-refractivity contribution in [3.05, 3.63) is 48.0 Å². The number of aromatic nitrogens is 2. The monoisotopic (exact) mass is 381 g/mol. The quantitative estimate of drug-likeness (QED) is 0.652. The smallest absolute Gasteiger partial charge is 0.301 e. The summed E-state index contributed by atoms with van der Waals surface area (Å²) in [5.74, 6) is -0.293. The lowest BCUT2D eigenvalue weighted by atomic mass is 10.2. The molecule has 0 amide bonds. The van der Waals surface area contributed by atoms with E-state index >= 15 is 0 Å². The van der Waals surface area contributed by atoms with Crippen LogP contribution < -0.4 is 0 Å². The maximum Gasteiger partial charge on any atom is 0.416 e. The van der Waals surface area contributed by atoms with Gasteiger partial charge in [0, 0.05) is 7.05 Å². The number of aryl methyl sites for hydroxylation is 1. The maximum absolute atomic E-state index is 13.2. The van der Waals surface area contributed by atoms with Gasteiger partial charge < -0.3 is 4.90 Å². The molecule has 0 aliphatic heterocycles. The summed E-state index contributed by atoms with van der Waals surface area (Å²) in [4.78, 5) is 14.6. The van der Waals surface area contributed by atoms with Crippen LogP contribution in [0.3, 0.4) is 0 Å². The van der Waals surface area contributed by atoms with Crippen molar-refractivity contribution < 1.29 is 18.0 Å². The number of para-hydroxylation sites is 2. The van der Waals surface area contributed by atoms with Gasteiger partial charge in [-0.05, 0) is 44.4 Å². The summed E-state index contributed by atoms with van der Waals surface area (Å²) in [5.41, 5.74) is 0.789. The van der Waals surface area contributed by atoms with Crippen molar-refractivity contribution >= 4 is 38.7 Å². The van der Waals surface area contributed by atoms with Gasteiger partial charge in [-0.1, -0.05) is 23.7 Å². The number of hydrogen-bond acceptors (Lipinski definition) is 3. The molecule has 0 aliphatic rings. The summed E-state index contributed by atoms with van der Waals surface area (Å²) in [6, 6.07) is 10.7. The second-order valence-corrected chi connectivity index (χ2v) is 7.39. The lowest BCUT2D eigenvalue weighted by Gasteiger charge is -2.14. The lowest BCUT2D eigenvalue weighted by Crippen LogP contribution is -2.26. The normalized spacial score (nSPS) is 12.1. The van der Waals surface area contributed by atoms with Gasteiger partial charge in [0.1, 0.15) is 0 Å². The van der Waals surface area contributed by atoms with Gasteiger partial charge in [-0.3, -0.25) is 13.3 Å². The predicted octanol–water partition coefficient (Wildman–Crippen LogP) is 4.54. The summed E-state index contributed by atoms with van der Waals surface area (Å²) in [6.45, 7) is 0.0817. The third-order valence-corrected chi connectivity index (χ3v) is 4.94. The number of benzene rings is 2. The minimum absolute atomic E-state index is 0.0817. The Hall–Kier alpha value is -2.32. The first-order valence-corrected chi connectivity index (χ1v) is 8.65. The first-order valence-electron chi connectivity index (χ1n) is 7.88. The highest BCUT2D eigenvalue weighted by atomic mass is 32.1. The molecule has 138 valence electrons. The topological polar surface area (TPSA) is 30.2 Å². The number of likely N-dealkylation sites (N-methyl/N-ethyl adjacent to an activating group) is 1. The molecule has 0 N–H and O–H groups in total. The molecule has 2 aromatic carbocycles. The van der Waals surface area contributed by atoms with Gasteiger partial charge in [-0.25, -0.2) is 0 Å². The van der Waals surface area contributed by atoms with Crippen molar-refractivity contribution in [2.75, 3.05) is 20.6 Å². The average Bonchev–Trinajstić information content (AvgIpc) is 2.67. The minimum Gasteiger partial charge on any atom is -0.301 e. The van der Waals surface area contributed by atoms with Gasteiger partial charge >= 0.3 is 6.18 Å². The number of rotatable bonds is 2. The molecule has 0 saturated heterocycles. The van der Waals surface area contributed by atoms with Gasteiger partial charge in [-0.2, -0.15) is 13.2 Å². The average molecular weight is 381 g/mol. The summed E-state index contributed by atoms with van der Waals surface area (Å²) >= 11 is 1.29. The van der Waals surface area contributed by atoms with Crippen molar-refractivity contribution in [2.45, 2.75) is 6.18 Å². The molecule has 0 radical (unpaired) electrons. The van der Waals surface area contributed by atoms with Crippen molar-refractivity contribution in [1.29, 1.82) is 0 Å². The predicted molar refractivity (Wildman–Crippen MR) is 98.1 cm³/mol.